The van der Waals surface area contributed by atoms with Gasteiger partial charge in [-0.1, -0.05) is 18.2 Å². The van der Waals surface area contributed by atoms with Crippen LogP contribution in [0, 0.1) is 6.92 Å². The van der Waals surface area contributed by atoms with Crippen molar-refractivity contribution in [2.75, 3.05) is 0 Å². The van der Waals surface area contributed by atoms with E-state index < -0.39 is 11.8 Å². The summed E-state index contributed by atoms with van der Waals surface area (Å²) in [4.78, 5) is 22.3. The van der Waals surface area contributed by atoms with Gasteiger partial charge in [-0.3, -0.25) is 4.79 Å². The Morgan fingerprint density at radius 1 is 1.25 bits per heavy atom. The Morgan fingerprint density at radius 2 is 1.88 bits per heavy atom. The van der Waals surface area contributed by atoms with Crippen molar-refractivity contribution in [1.82, 2.24) is 4.57 Å². The van der Waals surface area contributed by atoms with Crippen molar-refractivity contribution < 1.29 is 14.7 Å². The van der Waals surface area contributed by atoms with Gasteiger partial charge in [0.1, 0.15) is 0 Å². The zero-order valence-electron chi connectivity index (χ0n) is 9.02. The maximum Gasteiger partial charge on any atom is 0.377 e. The predicted molar refractivity (Wildman–Crippen MR) is 59.6 cm³/mol. The molecule has 82 valence electrons. The molecule has 0 atom stereocenters. The number of carbonyl (C=O) groups excluding carboxylic acids is 1. The first-order chi connectivity index (χ1) is 7.54. The highest BCUT2D eigenvalue weighted by Crippen LogP contribution is 2.24. The van der Waals surface area contributed by atoms with Gasteiger partial charge in [-0.25, -0.2) is 4.79 Å². The molecule has 1 N–H and O–H groups in total. The van der Waals surface area contributed by atoms with Crippen LogP contribution in [-0.2, 0) is 11.8 Å². The summed E-state index contributed by atoms with van der Waals surface area (Å²) in [6, 6.07) is 7.27. The first-order valence-electron chi connectivity index (χ1n) is 4.85. The quantitative estimate of drug-likeness (QED) is 0.615. The standard InChI is InChI=1S/C12H11NO3/c1-7-10(11(14)12(15)16)8-5-3-4-6-9(8)13(7)2/h3-6H,1-2H3,(H,15,16). The normalized spacial score (nSPS) is 10.6. The van der Waals surface area contributed by atoms with Crippen LogP contribution in [0.3, 0.4) is 0 Å². The second-order valence-corrected chi connectivity index (χ2v) is 3.67. The number of carboxylic acids is 1. The molecule has 16 heavy (non-hydrogen) atoms. The van der Waals surface area contributed by atoms with Gasteiger partial charge in [-0.2, -0.15) is 0 Å². The van der Waals surface area contributed by atoms with Crippen LogP contribution in [-0.4, -0.2) is 21.4 Å². The van der Waals surface area contributed by atoms with Gasteiger partial charge >= 0.3 is 5.97 Å². The highest BCUT2D eigenvalue weighted by Gasteiger charge is 2.23. The largest absolute Gasteiger partial charge is 0.475 e. The summed E-state index contributed by atoms with van der Waals surface area (Å²) < 4.78 is 1.82. The number of para-hydroxylation sites is 1. The van der Waals surface area contributed by atoms with Gasteiger partial charge in [0.2, 0.25) is 0 Å². The van der Waals surface area contributed by atoms with E-state index in [1.165, 1.54) is 0 Å². The lowest BCUT2D eigenvalue weighted by molar-refractivity contribution is -0.131. The number of Topliss-reactive ketones (excluding diaryl/α,β-unsaturated/α-hetero) is 1. The van der Waals surface area contributed by atoms with Gasteiger partial charge in [0.25, 0.3) is 5.78 Å². The summed E-state index contributed by atoms with van der Waals surface area (Å²) in [5.41, 5.74) is 1.82. The Hall–Kier alpha value is -2.10. The van der Waals surface area contributed by atoms with E-state index in [9.17, 15) is 9.59 Å². The van der Waals surface area contributed by atoms with Crippen LogP contribution in [0.25, 0.3) is 10.9 Å². The van der Waals surface area contributed by atoms with Crippen LogP contribution in [0.2, 0.25) is 0 Å². The molecular formula is C12H11NO3. The monoisotopic (exact) mass is 217 g/mol. The first kappa shape index (κ1) is 10.4. The van der Waals surface area contributed by atoms with E-state index in [-0.39, 0.29) is 5.56 Å². The van der Waals surface area contributed by atoms with E-state index >= 15 is 0 Å². The van der Waals surface area contributed by atoms with Crippen LogP contribution in [0.4, 0.5) is 0 Å². The SMILES string of the molecule is Cc1c(C(=O)C(=O)O)c2ccccc2n1C. The summed E-state index contributed by atoms with van der Waals surface area (Å²) in [6.07, 6.45) is 0. The van der Waals surface area contributed by atoms with Crippen LogP contribution in [0.5, 0.6) is 0 Å². The first-order valence-corrected chi connectivity index (χ1v) is 4.85. The Balaban J connectivity index is 2.84. The van der Waals surface area contributed by atoms with Gasteiger partial charge in [0, 0.05) is 23.6 Å². The number of hydrogen-bond donors (Lipinski definition) is 1. The molecule has 0 unspecified atom stereocenters. The van der Waals surface area contributed by atoms with E-state index in [4.69, 9.17) is 5.11 Å². The van der Waals surface area contributed by atoms with Gasteiger partial charge in [-0.05, 0) is 13.0 Å². The molecule has 0 aliphatic rings. The van der Waals surface area contributed by atoms with Gasteiger partial charge in [0.05, 0.1) is 5.56 Å². The fraction of sp³-hybridized carbons (Fsp3) is 0.167. The number of ketones is 1. The molecule has 0 saturated heterocycles. The summed E-state index contributed by atoms with van der Waals surface area (Å²) in [6.45, 7) is 1.75. The molecule has 0 aliphatic carbocycles. The molecule has 1 aromatic heterocycles. The lowest BCUT2D eigenvalue weighted by Gasteiger charge is -1.98. The Bertz CT molecular complexity index is 596. The molecule has 4 heteroatoms. The molecule has 2 rings (SSSR count). The number of rotatable bonds is 2. The molecular weight excluding hydrogens is 206 g/mol. The Morgan fingerprint density at radius 3 is 2.50 bits per heavy atom. The molecule has 0 aliphatic heterocycles. The van der Waals surface area contributed by atoms with Gasteiger partial charge < -0.3 is 9.67 Å². The molecule has 4 nitrogen and oxygen atoms in total. The average Bonchev–Trinajstić information content (AvgIpc) is 2.52. The van der Waals surface area contributed by atoms with E-state index in [0.29, 0.717) is 11.1 Å². The third-order valence-corrected chi connectivity index (χ3v) is 2.82. The van der Waals surface area contributed by atoms with Gasteiger partial charge in [-0.15, -0.1) is 0 Å². The fourth-order valence-electron chi connectivity index (χ4n) is 1.91. The topological polar surface area (TPSA) is 59.3 Å². The molecule has 0 fully saturated rings. The van der Waals surface area contributed by atoms with E-state index in [1.807, 2.05) is 23.7 Å². The van der Waals surface area contributed by atoms with Crippen molar-refractivity contribution in [2.24, 2.45) is 7.05 Å². The lowest BCUT2D eigenvalue weighted by atomic mass is 10.1. The second kappa shape index (κ2) is 3.48. The number of aryl methyl sites for hydroxylation is 1. The average molecular weight is 217 g/mol. The number of fused-ring (bicyclic) bond motifs is 1. The minimum Gasteiger partial charge on any atom is -0.475 e. The van der Waals surface area contributed by atoms with Crippen LogP contribution in [0.1, 0.15) is 16.1 Å². The Kier molecular flexibility index (Phi) is 2.27. The van der Waals surface area contributed by atoms with Crippen LogP contribution in [0.15, 0.2) is 24.3 Å². The molecule has 2 aromatic rings. The van der Waals surface area contributed by atoms with Crippen LogP contribution >= 0.6 is 0 Å². The third-order valence-electron chi connectivity index (χ3n) is 2.82. The third kappa shape index (κ3) is 1.31. The number of nitrogens with zero attached hydrogens (tertiary/aromatic N) is 1. The molecule has 0 radical (unpaired) electrons. The van der Waals surface area contributed by atoms with E-state index in [1.54, 1.807) is 19.1 Å². The Labute approximate surface area is 92.1 Å². The van der Waals surface area contributed by atoms with Crippen molar-refractivity contribution >= 4 is 22.7 Å². The predicted octanol–water partition coefficient (Wildman–Crippen LogP) is 1.75. The zero-order valence-corrected chi connectivity index (χ0v) is 9.02. The molecule has 1 heterocycles. The number of carbonyl (C=O) groups is 2. The number of aromatic nitrogens is 1. The number of hydrogen-bond acceptors (Lipinski definition) is 2. The minimum absolute atomic E-state index is 0.283. The maximum atomic E-state index is 11.6. The summed E-state index contributed by atoms with van der Waals surface area (Å²) >= 11 is 0. The van der Waals surface area contributed by atoms with Crippen molar-refractivity contribution in [2.45, 2.75) is 6.92 Å². The molecule has 0 saturated carbocycles. The van der Waals surface area contributed by atoms with E-state index in [2.05, 4.69) is 0 Å². The van der Waals surface area contributed by atoms with Crippen LogP contribution < -0.4 is 0 Å². The van der Waals surface area contributed by atoms with Crippen molar-refractivity contribution in [3.05, 3.63) is 35.5 Å². The van der Waals surface area contributed by atoms with Crippen molar-refractivity contribution in [3.8, 4) is 0 Å². The lowest BCUT2D eigenvalue weighted by Crippen LogP contribution is -2.13. The number of aliphatic carboxylic acids is 1. The van der Waals surface area contributed by atoms with Gasteiger partial charge in [0.15, 0.2) is 0 Å². The molecule has 0 amide bonds. The summed E-state index contributed by atoms with van der Waals surface area (Å²) in [7, 11) is 1.82. The number of carboxylic acid groups (broad SMARTS) is 1. The highest BCUT2D eigenvalue weighted by molar-refractivity contribution is 6.42. The minimum atomic E-state index is -1.42. The summed E-state index contributed by atoms with van der Waals surface area (Å²) in [5.74, 6) is -2.27. The van der Waals surface area contributed by atoms with Crippen molar-refractivity contribution in [3.63, 3.8) is 0 Å². The molecule has 0 spiro atoms. The van der Waals surface area contributed by atoms with E-state index in [0.717, 1.165) is 5.52 Å². The maximum absolute atomic E-state index is 11.6. The second-order valence-electron chi connectivity index (χ2n) is 3.67. The smallest absolute Gasteiger partial charge is 0.377 e. The highest BCUT2D eigenvalue weighted by atomic mass is 16.4. The molecule has 1 aromatic carbocycles. The summed E-state index contributed by atoms with van der Waals surface area (Å²) in [5, 5.41) is 9.46. The number of benzene rings is 1. The zero-order chi connectivity index (χ0) is 11.9. The van der Waals surface area contributed by atoms with Crippen molar-refractivity contribution in [1.29, 1.82) is 0 Å². The fourth-order valence-corrected chi connectivity index (χ4v) is 1.91. The molecule has 0 bridgehead atoms.